The lowest BCUT2D eigenvalue weighted by Gasteiger charge is -2.15. The van der Waals surface area contributed by atoms with Crippen molar-refractivity contribution in [2.45, 2.75) is 31.3 Å². The van der Waals surface area contributed by atoms with Crippen LogP contribution in [0.15, 0.2) is 17.2 Å². The van der Waals surface area contributed by atoms with Gasteiger partial charge in [-0.1, -0.05) is 6.92 Å². The molecule has 1 rings (SSSR count). The van der Waals surface area contributed by atoms with Gasteiger partial charge in [0, 0.05) is 20.1 Å². The SMILES string of the molecule is CC[C@H](C)Nc1cc(C(=O)O)cc(S(=O)(=O)N(C)C)n1. The van der Waals surface area contributed by atoms with Crippen molar-refractivity contribution in [3.05, 3.63) is 17.7 Å². The van der Waals surface area contributed by atoms with Gasteiger partial charge in [0.2, 0.25) is 0 Å². The molecule has 0 fully saturated rings. The van der Waals surface area contributed by atoms with Gasteiger partial charge in [0.15, 0.2) is 5.03 Å². The molecule has 0 spiro atoms. The second-order valence-electron chi connectivity index (χ2n) is 4.63. The van der Waals surface area contributed by atoms with Crippen molar-refractivity contribution in [2.24, 2.45) is 0 Å². The minimum atomic E-state index is -3.78. The number of nitrogens with zero attached hydrogens (tertiary/aromatic N) is 2. The summed E-state index contributed by atoms with van der Waals surface area (Å²) in [5.41, 5.74) is -0.119. The fourth-order valence-corrected chi connectivity index (χ4v) is 2.24. The Morgan fingerprint density at radius 3 is 2.50 bits per heavy atom. The Labute approximate surface area is 118 Å². The number of sulfonamides is 1. The van der Waals surface area contributed by atoms with E-state index in [9.17, 15) is 13.2 Å². The lowest BCUT2D eigenvalue weighted by molar-refractivity contribution is 0.0696. The molecule has 0 aliphatic carbocycles. The molecule has 8 heteroatoms. The highest BCUT2D eigenvalue weighted by Gasteiger charge is 2.22. The molecule has 0 saturated carbocycles. The van der Waals surface area contributed by atoms with Gasteiger partial charge in [0.25, 0.3) is 10.0 Å². The number of carbonyl (C=O) groups is 1. The van der Waals surface area contributed by atoms with Gasteiger partial charge >= 0.3 is 5.97 Å². The van der Waals surface area contributed by atoms with Gasteiger partial charge in [0.05, 0.1) is 5.56 Å². The van der Waals surface area contributed by atoms with Crippen molar-refractivity contribution >= 4 is 21.8 Å². The lowest BCUT2D eigenvalue weighted by atomic mass is 10.2. The summed E-state index contributed by atoms with van der Waals surface area (Å²) in [7, 11) is -1.04. The third kappa shape index (κ3) is 3.67. The van der Waals surface area contributed by atoms with Gasteiger partial charge in [-0.2, -0.15) is 0 Å². The standard InChI is InChI=1S/C12H19N3O4S/c1-5-8(2)13-10-6-9(12(16)17)7-11(14-10)20(18,19)15(3)4/h6-8H,5H2,1-4H3,(H,13,14)(H,16,17)/t8-/m0/s1. The number of aromatic nitrogens is 1. The molecule has 0 aliphatic heterocycles. The molecule has 2 N–H and O–H groups in total. The molecule has 0 radical (unpaired) electrons. The summed E-state index contributed by atoms with van der Waals surface area (Å²) in [5.74, 6) is -0.963. The Bertz CT molecular complexity index is 599. The van der Waals surface area contributed by atoms with Crippen LogP contribution >= 0.6 is 0 Å². The molecule has 7 nitrogen and oxygen atoms in total. The highest BCUT2D eigenvalue weighted by Crippen LogP contribution is 2.18. The van der Waals surface area contributed by atoms with Crippen molar-refractivity contribution in [1.29, 1.82) is 0 Å². The van der Waals surface area contributed by atoms with Crippen LogP contribution in [-0.2, 0) is 10.0 Å². The number of aromatic carboxylic acids is 1. The van der Waals surface area contributed by atoms with Gasteiger partial charge in [-0.25, -0.2) is 22.5 Å². The first kappa shape index (κ1) is 16.4. The number of nitrogens with one attached hydrogen (secondary N) is 1. The largest absolute Gasteiger partial charge is 0.478 e. The summed E-state index contributed by atoms with van der Waals surface area (Å²) in [6.07, 6.45) is 0.800. The molecule has 0 aromatic carbocycles. The van der Waals surface area contributed by atoms with E-state index >= 15 is 0 Å². The maximum absolute atomic E-state index is 12.1. The van der Waals surface area contributed by atoms with Crippen molar-refractivity contribution in [3.8, 4) is 0 Å². The molecule has 0 amide bonds. The van der Waals surface area contributed by atoms with E-state index in [4.69, 9.17) is 5.11 Å². The molecular formula is C12H19N3O4S. The molecule has 1 heterocycles. The average Bonchev–Trinajstić information content (AvgIpc) is 2.37. The molecule has 1 atom stereocenters. The van der Waals surface area contributed by atoms with Crippen LogP contribution in [0.1, 0.15) is 30.6 Å². The van der Waals surface area contributed by atoms with E-state index in [0.29, 0.717) is 0 Å². The summed E-state index contributed by atoms with van der Waals surface area (Å²) in [4.78, 5) is 15.1. The van der Waals surface area contributed by atoms with Crippen molar-refractivity contribution in [1.82, 2.24) is 9.29 Å². The third-order valence-corrected chi connectivity index (χ3v) is 4.50. The molecule has 0 unspecified atom stereocenters. The fourth-order valence-electron chi connectivity index (χ4n) is 1.38. The summed E-state index contributed by atoms with van der Waals surface area (Å²) < 4.78 is 25.1. The molecule has 0 bridgehead atoms. The normalized spacial score (nSPS) is 13.2. The topological polar surface area (TPSA) is 99.6 Å². The Hall–Kier alpha value is -1.67. The first-order valence-electron chi connectivity index (χ1n) is 6.13. The van der Waals surface area contributed by atoms with Crippen molar-refractivity contribution in [2.75, 3.05) is 19.4 Å². The monoisotopic (exact) mass is 301 g/mol. The van der Waals surface area contributed by atoms with Gasteiger partial charge in [-0.15, -0.1) is 0 Å². The van der Waals surface area contributed by atoms with Crippen LogP contribution in [0.3, 0.4) is 0 Å². The van der Waals surface area contributed by atoms with Crippen LogP contribution in [0, 0.1) is 0 Å². The highest BCUT2D eigenvalue weighted by molar-refractivity contribution is 7.89. The zero-order chi connectivity index (χ0) is 15.5. The second kappa shape index (κ2) is 6.19. The number of carboxylic acids is 1. The number of hydrogen-bond donors (Lipinski definition) is 2. The molecular weight excluding hydrogens is 282 g/mol. The van der Waals surface area contributed by atoms with E-state index in [1.54, 1.807) is 0 Å². The Morgan fingerprint density at radius 1 is 1.45 bits per heavy atom. The first-order chi connectivity index (χ1) is 9.18. The summed E-state index contributed by atoms with van der Waals surface area (Å²) in [6, 6.07) is 2.43. The van der Waals surface area contributed by atoms with E-state index in [1.807, 2.05) is 13.8 Å². The maximum atomic E-state index is 12.1. The van der Waals surface area contributed by atoms with Gasteiger partial charge in [0.1, 0.15) is 5.82 Å². The first-order valence-corrected chi connectivity index (χ1v) is 7.57. The second-order valence-corrected chi connectivity index (χ2v) is 6.72. The van der Waals surface area contributed by atoms with Crippen LogP contribution in [0.25, 0.3) is 0 Å². The van der Waals surface area contributed by atoms with E-state index in [-0.39, 0.29) is 22.4 Å². The smallest absolute Gasteiger partial charge is 0.335 e. The molecule has 0 aliphatic rings. The number of carboxylic acid groups (broad SMARTS) is 1. The summed E-state index contributed by atoms with van der Waals surface area (Å²) in [5, 5.41) is 11.8. The van der Waals surface area contributed by atoms with Crippen LogP contribution < -0.4 is 5.32 Å². The predicted octanol–water partition coefficient (Wildman–Crippen LogP) is 1.24. The average molecular weight is 301 g/mol. The van der Waals surface area contributed by atoms with Gasteiger partial charge < -0.3 is 10.4 Å². The maximum Gasteiger partial charge on any atom is 0.335 e. The minimum absolute atomic E-state index is 0.0569. The Kier molecular flexibility index (Phi) is 5.07. The Balaban J connectivity index is 3.36. The van der Waals surface area contributed by atoms with Crippen LogP contribution in [0.4, 0.5) is 5.82 Å². The van der Waals surface area contributed by atoms with Crippen molar-refractivity contribution in [3.63, 3.8) is 0 Å². The molecule has 0 saturated heterocycles. The zero-order valence-corrected chi connectivity index (χ0v) is 12.7. The number of anilines is 1. The van der Waals surface area contributed by atoms with Gasteiger partial charge in [-0.05, 0) is 25.5 Å². The van der Waals surface area contributed by atoms with E-state index in [2.05, 4.69) is 10.3 Å². The fraction of sp³-hybridized carbons (Fsp3) is 0.500. The molecule has 20 heavy (non-hydrogen) atoms. The predicted molar refractivity (Wildman–Crippen MR) is 75.4 cm³/mol. The Morgan fingerprint density at radius 2 is 2.05 bits per heavy atom. The lowest BCUT2D eigenvalue weighted by Crippen LogP contribution is -2.24. The van der Waals surface area contributed by atoms with Crippen LogP contribution in [0.2, 0.25) is 0 Å². The quantitative estimate of drug-likeness (QED) is 0.820. The number of rotatable bonds is 6. The number of hydrogen-bond acceptors (Lipinski definition) is 5. The molecule has 1 aromatic rings. The van der Waals surface area contributed by atoms with Crippen molar-refractivity contribution < 1.29 is 18.3 Å². The molecule has 1 aromatic heterocycles. The van der Waals surface area contributed by atoms with Crippen LogP contribution in [-0.4, -0.2) is 48.9 Å². The number of pyridine rings is 1. The van der Waals surface area contributed by atoms with E-state index < -0.39 is 16.0 Å². The van der Waals surface area contributed by atoms with Crippen LogP contribution in [0.5, 0.6) is 0 Å². The summed E-state index contributed by atoms with van der Waals surface area (Å²) >= 11 is 0. The van der Waals surface area contributed by atoms with E-state index in [0.717, 1.165) is 16.8 Å². The zero-order valence-electron chi connectivity index (χ0n) is 11.9. The minimum Gasteiger partial charge on any atom is -0.478 e. The van der Waals surface area contributed by atoms with E-state index in [1.165, 1.54) is 20.2 Å². The molecule has 112 valence electrons. The third-order valence-electron chi connectivity index (χ3n) is 2.80. The summed E-state index contributed by atoms with van der Waals surface area (Å²) in [6.45, 7) is 3.85. The highest BCUT2D eigenvalue weighted by atomic mass is 32.2. The van der Waals surface area contributed by atoms with Gasteiger partial charge in [-0.3, -0.25) is 0 Å².